The normalized spacial score (nSPS) is 14.4. The van der Waals surface area contributed by atoms with Gasteiger partial charge in [0, 0.05) is 0 Å². The lowest BCUT2D eigenvalue weighted by Gasteiger charge is -2.02. The quantitative estimate of drug-likeness (QED) is 0.636. The maximum atomic E-state index is 2.28. The molecular weight excluding hydrogens is 192 g/mol. The predicted octanol–water partition coefficient (Wildman–Crippen LogP) is 4.82. The van der Waals surface area contributed by atoms with E-state index in [1.165, 1.54) is 29.2 Å². The molecule has 0 heterocycles. The Balaban J connectivity index is 0.000000203. The average molecular weight is 212 g/mol. The standard InChI is InChI=1S/C12H12.C4H8/c1-2-10-7-5-8-11-6-3-4-9-12(10)11;1-4-2-3-4/h3-9H,2H2,1H3;4H,2-3H2,1H3. The molecule has 0 N–H and O–H groups in total. The third-order valence-corrected chi connectivity index (χ3v) is 3.13. The largest absolute Gasteiger partial charge is 0.0625 e. The summed E-state index contributed by atoms with van der Waals surface area (Å²) in [4.78, 5) is 0. The van der Waals surface area contributed by atoms with Gasteiger partial charge < -0.3 is 0 Å². The molecule has 0 atom stereocenters. The second-order valence-electron chi connectivity index (χ2n) is 4.67. The Morgan fingerprint density at radius 1 is 1.00 bits per heavy atom. The van der Waals surface area contributed by atoms with Crippen LogP contribution in [-0.2, 0) is 6.42 Å². The van der Waals surface area contributed by atoms with Crippen LogP contribution in [0.25, 0.3) is 10.8 Å². The van der Waals surface area contributed by atoms with Gasteiger partial charge in [-0.1, -0.05) is 69.2 Å². The number of hydrogen-bond donors (Lipinski definition) is 0. The third kappa shape index (κ3) is 2.85. The molecule has 0 spiro atoms. The molecule has 16 heavy (non-hydrogen) atoms. The molecule has 0 bridgehead atoms. The van der Waals surface area contributed by atoms with Gasteiger partial charge in [-0.3, -0.25) is 0 Å². The van der Waals surface area contributed by atoms with Crippen LogP contribution in [0.1, 0.15) is 32.3 Å². The van der Waals surface area contributed by atoms with Crippen molar-refractivity contribution >= 4 is 10.8 Å². The molecular formula is C16H20. The van der Waals surface area contributed by atoms with Crippen molar-refractivity contribution in [2.24, 2.45) is 5.92 Å². The molecule has 0 saturated heterocycles. The molecule has 1 aliphatic carbocycles. The van der Waals surface area contributed by atoms with Crippen LogP contribution in [0.4, 0.5) is 0 Å². The first-order chi connectivity index (χ1) is 7.81. The molecule has 1 fully saturated rings. The Kier molecular flexibility index (Phi) is 3.61. The first-order valence-corrected chi connectivity index (χ1v) is 6.28. The fourth-order valence-corrected chi connectivity index (χ4v) is 1.77. The molecule has 0 amide bonds. The van der Waals surface area contributed by atoms with Crippen LogP contribution in [0.3, 0.4) is 0 Å². The smallest absolute Gasteiger partial charge is 0.0152 e. The van der Waals surface area contributed by atoms with Gasteiger partial charge in [0.15, 0.2) is 0 Å². The first kappa shape index (κ1) is 11.2. The van der Waals surface area contributed by atoms with E-state index in [0.29, 0.717) is 0 Å². The number of benzene rings is 2. The van der Waals surface area contributed by atoms with E-state index in [4.69, 9.17) is 0 Å². The van der Waals surface area contributed by atoms with Gasteiger partial charge in [-0.05, 0) is 28.7 Å². The van der Waals surface area contributed by atoms with Crippen LogP contribution in [0, 0.1) is 5.92 Å². The van der Waals surface area contributed by atoms with Gasteiger partial charge in [-0.2, -0.15) is 0 Å². The van der Waals surface area contributed by atoms with Crippen molar-refractivity contribution in [3.05, 3.63) is 48.0 Å². The minimum atomic E-state index is 1.08. The molecule has 0 unspecified atom stereocenters. The summed E-state index contributed by atoms with van der Waals surface area (Å²) in [5.41, 5.74) is 1.44. The highest BCUT2D eigenvalue weighted by atomic mass is 14.2. The summed E-state index contributed by atoms with van der Waals surface area (Å²) in [6.07, 6.45) is 4.08. The van der Waals surface area contributed by atoms with Crippen molar-refractivity contribution < 1.29 is 0 Å². The number of aryl methyl sites for hydroxylation is 1. The van der Waals surface area contributed by atoms with Crippen molar-refractivity contribution in [3.8, 4) is 0 Å². The van der Waals surface area contributed by atoms with Crippen molar-refractivity contribution in [3.63, 3.8) is 0 Å². The Hall–Kier alpha value is -1.30. The Morgan fingerprint density at radius 2 is 1.62 bits per heavy atom. The molecule has 0 radical (unpaired) electrons. The Morgan fingerprint density at radius 3 is 2.25 bits per heavy atom. The number of fused-ring (bicyclic) bond motifs is 1. The molecule has 0 nitrogen and oxygen atoms in total. The fraction of sp³-hybridized carbons (Fsp3) is 0.375. The van der Waals surface area contributed by atoms with E-state index in [9.17, 15) is 0 Å². The van der Waals surface area contributed by atoms with Gasteiger partial charge in [-0.25, -0.2) is 0 Å². The van der Waals surface area contributed by atoms with Crippen LogP contribution in [0.2, 0.25) is 0 Å². The molecule has 0 aromatic heterocycles. The van der Waals surface area contributed by atoms with E-state index >= 15 is 0 Å². The lowest BCUT2D eigenvalue weighted by atomic mass is 10.0. The summed E-state index contributed by atoms with van der Waals surface area (Å²) in [6.45, 7) is 4.47. The van der Waals surface area contributed by atoms with Gasteiger partial charge in [-0.15, -0.1) is 0 Å². The van der Waals surface area contributed by atoms with Crippen LogP contribution >= 0.6 is 0 Å². The van der Waals surface area contributed by atoms with Crippen molar-refractivity contribution in [2.45, 2.75) is 33.1 Å². The molecule has 2 aromatic carbocycles. The maximum absolute atomic E-state index is 2.28. The van der Waals surface area contributed by atoms with Gasteiger partial charge in [0.25, 0.3) is 0 Å². The van der Waals surface area contributed by atoms with Gasteiger partial charge in [0.2, 0.25) is 0 Å². The highest BCUT2D eigenvalue weighted by molar-refractivity contribution is 5.85. The van der Waals surface area contributed by atoms with E-state index in [2.05, 4.69) is 56.3 Å². The van der Waals surface area contributed by atoms with Crippen LogP contribution in [0.5, 0.6) is 0 Å². The molecule has 1 aliphatic rings. The van der Waals surface area contributed by atoms with E-state index in [1.54, 1.807) is 0 Å². The molecule has 0 aliphatic heterocycles. The summed E-state index contributed by atoms with van der Waals surface area (Å²) in [7, 11) is 0. The van der Waals surface area contributed by atoms with Crippen LogP contribution in [-0.4, -0.2) is 0 Å². The van der Waals surface area contributed by atoms with Crippen LogP contribution < -0.4 is 0 Å². The minimum absolute atomic E-state index is 1.08. The summed E-state index contributed by atoms with van der Waals surface area (Å²) >= 11 is 0. The molecule has 3 rings (SSSR count). The summed E-state index contributed by atoms with van der Waals surface area (Å²) in [5, 5.41) is 2.74. The Labute approximate surface area is 98.3 Å². The average Bonchev–Trinajstić information content (AvgIpc) is 3.12. The van der Waals surface area contributed by atoms with Crippen molar-refractivity contribution in [1.82, 2.24) is 0 Å². The number of hydrogen-bond acceptors (Lipinski definition) is 0. The maximum Gasteiger partial charge on any atom is -0.0152 e. The van der Waals surface area contributed by atoms with E-state index < -0.39 is 0 Å². The fourth-order valence-electron chi connectivity index (χ4n) is 1.77. The molecule has 2 aromatic rings. The second-order valence-corrected chi connectivity index (χ2v) is 4.67. The van der Waals surface area contributed by atoms with Gasteiger partial charge in [0.05, 0.1) is 0 Å². The third-order valence-electron chi connectivity index (χ3n) is 3.13. The van der Waals surface area contributed by atoms with E-state index in [1.807, 2.05) is 0 Å². The SMILES string of the molecule is CC1CC1.CCc1cccc2ccccc12. The summed E-state index contributed by atoms with van der Waals surface area (Å²) in [6, 6.07) is 15.0. The lowest BCUT2D eigenvalue weighted by Crippen LogP contribution is -1.81. The van der Waals surface area contributed by atoms with Crippen molar-refractivity contribution in [1.29, 1.82) is 0 Å². The number of rotatable bonds is 1. The lowest BCUT2D eigenvalue weighted by molar-refractivity contribution is 0.983. The zero-order chi connectivity index (χ0) is 11.4. The zero-order valence-corrected chi connectivity index (χ0v) is 10.2. The highest BCUT2D eigenvalue weighted by Gasteiger charge is 2.12. The second kappa shape index (κ2) is 5.16. The summed E-state index contributed by atoms with van der Waals surface area (Å²) < 4.78 is 0. The molecule has 0 heteroatoms. The topological polar surface area (TPSA) is 0 Å². The monoisotopic (exact) mass is 212 g/mol. The van der Waals surface area contributed by atoms with Gasteiger partial charge in [0.1, 0.15) is 0 Å². The molecule has 1 saturated carbocycles. The first-order valence-electron chi connectivity index (χ1n) is 6.28. The van der Waals surface area contributed by atoms with E-state index in [0.717, 1.165) is 12.3 Å². The zero-order valence-electron chi connectivity index (χ0n) is 10.2. The van der Waals surface area contributed by atoms with Gasteiger partial charge >= 0.3 is 0 Å². The molecule has 84 valence electrons. The highest BCUT2D eigenvalue weighted by Crippen LogP contribution is 2.26. The Bertz CT molecular complexity index is 447. The van der Waals surface area contributed by atoms with Crippen molar-refractivity contribution in [2.75, 3.05) is 0 Å². The van der Waals surface area contributed by atoms with Crippen LogP contribution in [0.15, 0.2) is 42.5 Å². The summed E-state index contributed by atoms with van der Waals surface area (Å²) in [5.74, 6) is 1.08. The predicted molar refractivity (Wildman–Crippen MR) is 71.7 cm³/mol. The van der Waals surface area contributed by atoms with E-state index in [-0.39, 0.29) is 0 Å². The minimum Gasteiger partial charge on any atom is -0.0625 e.